The number of fused-ring (bicyclic) bond motifs is 1. The molecule has 12 nitrogen and oxygen atoms in total. The molecule has 0 fully saturated rings. The number of carbonyl (C=O) groups excluding carboxylic acids is 2. The van der Waals surface area contributed by atoms with Crippen LogP contribution in [0.5, 0.6) is 0 Å². The Labute approximate surface area is 247 Å². The van der Waals surface area contributed by atoms with Gasteiger partial charge in [-0.15, -0.1) is 10.2 Å². The maximum Gasteiger partial charge on any atom is 0.234 e. The van der Waals surface area contributed by atoms with E-state index in [0.29, 0.717) is 21.7 Å². The molecule has 2 aromatic heterocycles. The van der Waals surface area contributed by atoms with Crippen LogP contribution in [0.2, 0.25) is 0 Å². The first-order valence-electron chi connectivity index (χ1n) is 12.7. The summed E-state index contributed by atoms with van der Waals surface area (Å²) < 4.78 is 3.18. The maximum absolute atomic E-state index is 12.9. The minimum absolute atomic E-state index is 0.111. The van der Waals surface area contributed by atoms with Crippen molar-refractivity contribution in [3.63, 3.8) is 0 Å². The van der Waals surface area contributed by atoms with Crippen molar-refractivity contribution < 1.29 is 9.59 Å². The van der Waals surface area contributed by atoms with Crippen LogP contribution in [0.1, 0.15) is 0 Å². The van der Waals surface area contributed by atoms with Crippen molar-refractivity contribution in [3.05, 3.63) is 97.1 Å². The maximum atomic E-state index is 12.9. The zero-order valence-corrected chi connectivity index (χ0v) is 23.5. The van der Waals surface area contributed by atoms with Gasteiger partial charge in [0.15, 0.2) is 0 Å². The third kappa shape index (κ3) is 6.14. The molecule has 0 radical (unpaired) electrons. The number of benzene rings is 4. The first-order valence-corrected chi connectivity index (χ1v) is 14.7. The number of aromatic nitrogens is 8. The highest BCUT2D eigenvalue weighted by Crippen LogP contribution is 2.30. The lowest BCUT2D eigenvalue weighted by Crippen LogP contribution is -2.16. The number of hydrogen-bond donors (Lipinski definition) is 2. The minimum Gasteiger partial charge on any atom is -0.325 e. The number of hydrogen-bond acceptors (Lipinski definition) is 10. The third-order valence-electron chi connectivity index (χ3n) is 6.02. The Morgan fingerprint density at radius 1 is 0.571 bits per heavy atom. The van der Waals surface area contributed by atoms with E-state index in [1.807, 2.05) is 97.1 Å². The quantitative estimate of drug-likeness (QED) is 0.221. The van der Waals surface area contributed by atoms with Crippen molar-refractivity contribution >= 4 is 57.5 Å². The van der Waals surface area contributed by atoms with Crippen LogP contribution < -0.4 is 10.6 Å². The van der Waals surface area contributed by atoms with Gasteiger partial charge in [-0.1, -0.05) is 84.2 Å². The summed E-state index contributed by atoms with van der Waals surface area (Å²) in [7, 11) is 0. The molecule has 0 spiro atoms. The summed E-state index contributed by atoms with van der Waals surface area (Å²) in [6.45, 7) is 0. The Morgan fingerprint density at radius 3 is 1.43 bits per heavy atom. The highest BCUT2D eigenvalue weighted by Gasteiger charge is 2.15. The van der Waals surface area contributed by atoms with Crippen molar-refractivity contribution in [3.8, 4) is 11.4 Å². The molecular formula is C28H22N10O2S2. The first-order chi connectivity index (χ1) is 20.7. The van der Waals surface area contributed by atoms with E-state index in [4.69, 9.17) is 0 Å². The smallest absolute Gasteiger partial charge is 0.234 e. The first kappa shape index (κ1) is 27.1. The second-order valence-corrected chi connectivity index (χ2v) is 10.7. The lowest BCUT2D eigenvalue weighted by atomic mass is 10.1. The van der Waals surface area contributed by atoms with Crippen LogP contribution in [0.3, 0.4) is 0 Å². The molecule has 2 N–H and O–H groups in total. The Morgan fingerprint density at radius 2 is 1.00 bits per heavy atom. The van der Waals surface area contributed by atoms with E-state index in [1.54, 1.807) is 9.36 Å². The molecule has 0 aliphatic carbocycles. The Balaban J connectivity index is 1.10. The highest BCUT2D eigenvalue weighted by molar-refractivity contribution is 8.00. The van der Waals surface area contributed by atoms with Gasteiger partial charge in [0.05, 0.1) is 22.9 Å². The molecule has 14 heteroatoms. The van der Waals surface area contributed by atoms with Crippen molar-refractivity contribution in [1.29, 1.82) is 0 Å². The van der Waals surface area contributed by atoms with E-state index >= 15 is 0 Å². The molecule has 42 heavy (non-hydrogen) atoms. The molecule has 0 aliphatic rings. The van der Waals surface area contributed by atoms with E-state index in [2.05, 4.69) is 41.7 Å². The molecule has 2 amide bonds. The fourth-order valence-corrected chi connectivity index (χ4v) is 5.54. The molecule has 0 atom stereocenters. The molecular weight excluding hydrogens is 573 g/mol. The summed E-state index contributed by atoms with van der Waals surface area (Å²) in [6.07, 6.45) is 0. The van der Waals surface area contributed by atoms with Crippen molar-refractivity contribution in [2.24, 2.45) is 0 Å². The van der Waals surface area contributed by atoms with Crippen molar-refractivity contribution in [1.82, 2.24) is 40.4 Å². The predicted molar refractivity (Wildman–Crippen MR) is 161 cm³/mol. The highest BCUT2D eigenvalue weighted by atomic mass is 32.2. The minimum atomic E-state index is -0.211. The van der Waals surface area contributed by atoms with Crippen LogP contribution in [0.4, 0.5) is 11.4 Å². The number of nitrogens with zero attached hydrogens (tertiary/aromatic N) is 8. The van der Waals surface area contributed by atoms with Gasteiger partial charge in [0.2, 0.25) is 22.1 Å². The fourth-order valence-electron chi connectivity index (χ4n) is 4.16. The molecule has 0 bridgehead atoms. The SMILES string of the molecule is O=C(CSc1nnnn1-c1ccccc1)Nc1cccc2c(NC(=O)CSc3nnnn3-c3ccccc3)cccc12. The van der Waals surface area contributed by atoms with E-state index in [1.165, 1.54) is 23.5 Å². The zero-order valence-electron chi connectivity index (χ0n) is 21.9. The number of amides is 2. The summed E-state index contributed by atoms with van der Waals surface area (Å²) in [6, 6.07) is 30.0. The second-order valence-electron chi connectivity index (χ2n) is 8.80. The Hall–Kier alpha value is -5.08. The number of rotatable bonds is 10. The summed E-state index contributed by atoms with van der Waals surface area (Å²) in [5.74, 6) is -0.200. The van der Waals surface area contributed by atoms with Gasteiger partial charge in [-0.3, -0.25) is 9.59 Å². The average molecular weight is 595 g/mol. The van der Waals surface area contributed by atoms with Gasteiger partial charge in [0.1, 0.15) is 0 Å². The molecule has 0 saturated carbocycles. The Kier molecular flexibility index (Phi) is 8.14. The number of anilines is 2. The van der Waals surface area contributed by atoms with Crippen LogP contribution in [-0.2, 0) is 9.59 Å². The van der Waals surface area contributed by atoms with Crippen LogP contribution in [0.25, 0.3) is 22.1 Å². The number of tetrazole rings is 2. The van der Waals surface area contributed by atoms with E-state index < -0.39 is 0 Å². The molecule has 0 saturated heterocycles. The monoisotopic (exact) mass is 594 g/mol. The summed E-state index contributed by atoms with van der Waals surface area (Å²) in [4.78, 5) is 25.8. The van der Waals surface area contributed by atoms with Crippen molar-refractivity contribution in [2.45, 2.75) is 10.3 Å². The third-order valence-corrected chi connectivity index (χ3v) is 7.86. The molecule has 2 heterocycles. The van der Waals surface area contributed by atoms with E-state index in [9.17, 15) is 9.59 Å². The average Bonchev–Trinajstić information content (AvgIpc) is 3.70. The molecule has 4 aromatic carbocycles. The number of carbonyl (C=O) groups is 2. The van der Waals surface area contributed by atoms with Gasteiger partial charge < -0.3 is 10.6 Å². The number of para-hydroxylation sites is 2. The largest absolute Gasteiger partial charge is 0.325 e. The normalized spacial score (nSPS) is 11.0. The summed E-state index contributed by atoms with van der Waals surface area (Å²) in [5.41, 5.74) is 2.88. The van der Waals surface area contributed by atoms with E-state index in [-0.39, 0.29) is 23.3 Å². The van der Waals surface area contributed by atoms with Gasteiger partial charge in [0, 0.05) is 22.1 Å². The lowest BCUT2D eigenvalue weighted by molar-refractivity contribution is -0.114. The van der Waals surface area contributed by atoms with Crippen LogP contribution in [-0.4, -0.2) is 63.7 Å². The lowest BCUT2D eigenvalue weighted by Gasteiger charge is -2.12. The van der Waals surface area contributed by atoms with E-state index in [0.717, 1.165) is 22.1 Å². The summed E-state index contributed by atoms with van der Waals surface area (Å²) >= 11 is 2.47. The molecule has 0 aliphatic heterocycles. The Bertz CT molecular complexity index is 1710. The second kappa shape index (κ2) is 12.6. The number of nitrogens with one attached hydrogen (secondary N) is 2. The molecule has 6 rings (SSSR count). The van der Waals surface area contributed by atoms with Gasteiger partial charge in [-0.05, 0) is 57.3 Å². The standard InChI is InChI=1S/C28H22N10O2S2/c39-25(17-41-27-31-33-35-37(27)19-9-3-1-4-10-19)29-23-15-7-14-22-21(23)13-8-16-24(22)30-26(40)18-42-28-32-34-36-38(28)20-11-5-2-6-12-20/h1-16H,17-18H2,(H,29,39)(H,30,40). The fraction of sp³-hybridized carbons (Fsp3) is 0.0714. The van der Waals surface area contributed by atoms with Crippen LogP contribution >= 0.6 is 23.5 Å². The molecule has 0 unspecified atom stereocenters. The van der Waals surface area contributed by atoms with Gasteiger partial charge in [-0.2, -0.15) is 9.36 Å². The van der Waals surface area contributed by atoms with Gasteiger partial charge in [-0.25, -0.2) is 0 Å². The van der Waals surface area contributed by atoms with Crippen molar-refractivity contribution in [2.75, 3.05) is 22.1 Å². The van der Waals surface area contributed by atoms with Gasteiger partial charge in [0.25, 0.3) is 0 Å². The van der Waals surface area contributed by atoms with Crippen LogP contribution in [0.15, 0.2) is 107 Å². The summed E-state index contributed by atoms with van der Waals surface area (Å²) in [5, 5.41) is 32.2. The molecule has 208 valence electrons. The molecule has 6 aromatic rings. The van der Waals surface area contributed by atoms with Crippen LogP contribution in [0, 0.1) is 0 Å². The zero-order chi connectivity index (χ0) is 28.7. The van der Waals surface area contributed by atoms with Gasteiger partial charge >= 0.3 is 0 Å². The topological polar surface area (TPSA) is 145 Å². The predicted octanol–water partition coefficient (Wildman–Crippen LogP) is 4.25. The number of thioether (sulfide) groups is 2.